The van der Waals surface area contributed by atoms with E-state index in [1.807, 2.05) is 18.2 Å². The molecule has 1 heterocycles. The van der Waals surface area contributed by atoms with Gasteiger partial charge in [-0.15, -0.1) is 0 Å². The van der Waals surface area contributed by atoms with Crippen LogP contribution in [0.1, 0.15) is 28.4 Å². The molecule has 1 aliphatic rings. The maximum Gasteiger partial charge on any atom is 0.320 e. The standard InChI is InChI=1S/C23H25NO6S/c1-15(25)31-14-18(10-16-6-7-20-21(11-16)29-9-8-28-20)23(27)19-5-3-2-4-17(19)13-30-22(26)12-24/h2-7,11,18H,8-10,12-14,24H2,1H3. The lowest BCUT2D eigenvalue weighted by Crippen LogP contribution is -2.23. The number of benzene rings is 2. The van der Waals surface area contributed by atoms with Crippen LogP contribution < -0.4 is 15.2 Å². The molecule has 164 valence electrons. The molecule has 2 aromatic carbocycles. The molecule has 7 nitrogen and oxygen atoms in total. The number of hydrogen-bond donors (Lipinski definition) is 1. The fourth-order valence-electron chi connectivity index (χ4n) is 3.27. The largest absolute Gasteiger partial charge is 0.486 e. The van der Waals surface area contributed by atoms with Crippen molar-refractivity contribution >= 4 is 28.6 Å². The summed E-state index contributed by atoms with van der Waals surface area (Å²) >= 11 is 1.12. The summed E-state index contributed by atoms with van der Waals surface area (Å²) in [5, 5.41) is -0.0508. The van der Waals surface area contributed by atoms with Crippen molar-refractivity contribution in [2.24, 2.45) is 11.7 Å². The van der Waals surface area contributed by atoms with Gasteiger partial charge in [0.2, 0.25) is 0 Å². The van der Waals surface area contributed by atoms with Crippen LogP contribution in [0.15, 0.2) is 42.5 Å². The van der Waals surface area contributed by atoms with Gasteiger partial charge < -0.3 is 19.9 Å². The number of thioether (sulfide) groups is 1. The summed E-state index contributed by atoms with van der Waals surface area (Å²) in [7, 11) is 0. The number of Topliss-reactive ketones (excluding diaryl/α,β-unsaturated/α-hetero) is 1. The highest BCUT2D eigenvalue weighted by molar-refractivity contribution is 8.13. The Morgan fingerprint density at radius 3 is 2.58 bits per heavy atom. The summed E-state index contributed by atoms with van der Waals surface area (Å²) in [6.07, 6.45) is 0.437. The molecule has 0 saturated heterocycles. The van der Waals surface area contributed by atoms with E-state index in [2.05, 4.69) is 0 Å². The summed E-state index contributed by atoms with van der Waals surface area (Å²) in [4.78, 5) is 36.5. The number of ketones is 1. The van der Waals surface area contributed by atoms with Gasteiger partial charge in [0.15, 0.2) is 22.4 Å². The third-order valence-electron chi connectivity index (χ3n) is 4.79. The van der Waals surface area contributed by atoms with Crippen molar-refractivity contribution in [1.29, 1.82) is 0 Å². The molecule has 31 heavy (non-hydrogen) atoms. The summed E-state index contributed by atoms with van der Waals surface area (Å²) < 4.78 is 16.3. The minimum Gasteiger partial charge on any atom is -0.486 e. The minimum absolute atomic E-state index is 0.0332. The number of nitrogens with two attached hydrogens (primary N) is 1. The highest BCUT2D eigenvalue weighted by Gasteiger charge is 2.25. The molecular weight excluding hydrogens is 418 g/mol. The first-order valence-electron chi connectivity index (χ1n) is 9.97. The van der Waals surface area contributed by atoms with Crippen LogP contribution in [0.5, 0.6) is 11.5 Å². The normalized spacial score (nSPS) is 13.4. The molecule has 8 heteroatoms. The van der Waals surface area contributed by atoms with Gasteiger partial charge in [-0.1, -0.05) is 42.1 Å². The van der Waals surface area contributed by atoms with E-state index < -0.39 is 11.9 Å². The summed E-state index contributed by atoms with van der Waals surface area (Å²) in [6, 6.07) is 12.6. The SMILES string of the molecule is CC(=O)SCC(Cc1ccc2c(c1)OCCO2)C(=O)c1ccccc1COC(=O)CN. The highest BCUT2D eigenvalue weighted by atomic mass is 32.2. The second kappa shape index (κ2) is 11.0. The molecule has 3 rings (SSSR count). The second-order valence-corrected chi connectivity index (χ2v) is 8.26. The first kappa shape index (κ1) is 22.8. The lowest BCUT2D eigenvalue weighted by atomic mass is 9.90. The Labute approximate surface area is 185 Å². The lowest BCUT2D eigenvalue weighted by Gasteiger charge is -2.21. The molecule has 0 bridgehead atoms. The van der Waals surface area contributed by atoms with Crippen molar-refractivity contribution < 1.29 is 28.6 Å². The molecule has 0 saturated carbocycles. The summed E-state index contributed by atoms with van der Waals surface area (Å²) in [5.74, 6) is 0.596. The Morgan fingerprint density at radius 2 is 1.84 bits per heavy atom. The zero-order valence-electron chi connectivity index (χ0n) is 17.3. The maximum atomic E-state index is 13.4. The van der Waals surface area contributed by atoms with Crippen LogP contribution in [0, 0.1) is 5.92 Å². The lowest BCUT2D eigenvalue weighted by molar-refractivity contribution is -0.143. The zero-order chi connectivity index (χ0) is 22.2. The molecule has 0 fully saturated rings. The van der Waals surface area contributed by atoms with Gasteiger partial charge in [0.25, 0.3) is 0 Å². The van der Waals surface area contributed by atoms with E-state index >= 15 is 0 Å². The van der Waals surface area contributed by atoms with Crippen LogP contribution in [-0.4, -0.2) is 42.4 Å². The van der Waals surface area contributed by atoms with E-state index in [0.29, 0.717) is 48.0 Å². The van der Waals surface area contributed by atoms with Crippen LogP contribution in [0.2, 0.25) is 0 Å². The van der Waals surface area contributed by atoms with E-state index in [1.165, 1.54) is 6.92 Å². The predicted octanol–water partition coefficient (Wildman–Crippen LogP) is 2.78. The van der Waals surface area contributed by atoms with Gasteiger partial charge in [-0.3, -0.25) is 14.4 Å². The molecule has 0 radical (unpaired) electrons. The number of ether oxygens (including phenoxy) is 3. The van der Waals surface area contributed by atoms with Gasteiger partial charge in [-0.25, -0.2) is 0 Å². The number of carbonyl (C=O) groups is 3. The van der Waals surface area contributed by atoms with Crippen molar-refractivity contribution in [1.82, 2.24) is 0 Å². The van der Waals surface area contributed by atoms with E-state index in [4.69, 9.17) is 19.9 Å². The summed E-state index contributed by atoms with van der Waals surface area (Å²) in [6.45, 7) is 2.21. The smallest absolute Gasteiger partial charge is 0.320 e. The molecule has 0 amide bonds. The van der Waals surface area contributed by atoms with E-state index in [0.717, 1.165) is 17.3 Å². The Bertz CT molecular complexity index is 961. The molecule has 2 aromatic rings. The van der Waals surface area contributed by atoms with Crippen molar-refractivity contribution in [3.63, 3.8) is 0 Å². The topological polar surface area (TPSA) is 105 Å². The fourth-order valence-corrected chi connectivity index (χ4v) is 3.97. The van der Waals surface area contributed by atoms with Gasteiger partial charge in [0.1, 0.15) is 19.8 Å². The first-order valence-corrected chi connectivity index (χ1v) is 11.0. The van der Waals surface area contributed by atoms with Gasteiger partial charge >= 0.3 is 5.97 Å². The van der Waals surface area contributed by atoms with E-state index in [9.17, 15) is 14.4 Å². The Morgan fingerprint density at radius 1 is 1.10 bits per heavy atom. The monoisotopic (exact) mass is 443 g/mol. The van der Waals surface area contributed by atoms with Crippen molar-refractivity contribution in [2.75, 3.05) is 25.5 Å². The molecule has 1 atom stereocenters. The van der Waals surface area contributed by atoms with Gasteiger partial charge in [-0.05, 0) is 24.1 Å². The van der Waals surface area contributed by atoms with Crippen LogP contribution in [-0.2, 0) is 27.4 Å². The van der Waals surface area contributed by atoms with Crippen LogP contribution in [0.4, 0.5) is 0 Å². The Balaban J connectivity index is 1.82. The average Bonchev–Trinajstić information content (AvgIpc) is 2.79. The fraction of sp³-hybridized carbons (Fsp3) is 0.348. The number of hydrogen-bond acceptors (Lipinski definition) is 8. The number of carbonyl (C=O) groups excluding carboxylic acids is 3. The highest BCUT2D eigenvalue weighted by Crippen LogP contribution is 2.32. The van der Waals surface area contributed by atoms with Crippen molar-refractivity contribution in [2.45, 2.75) is 20.0 Å². The summed E-state index contributed by atoms with van der Waals surface area (Å²) in [5.41, 5.74) is 7.28. The van der Waals surface area contributed by atoms with Gasteiger partial charge in [0, 0.05) is 29.7 Å². The molecule has 1 aliphatic heterocycles. The predicted molar refractivity (Wildman–Crippen MR) is 117 cm³/mol. The quantitative estimate of drug-likeness (QED) is 0.466. The molecule has 2 N–H and O–H groups in total. The number of rotatable bonds is 9. The van der Waals surface area contributed by atoms with E-state index in [1.54, 1.807) is 24.3 Å². The van der Waals surface area contributed by atoms with E-state index in [-0.39, 0.29) is 24.1 Å². The third kappa shape index (κ3) is 6.32. The molecule has 0 aromatic heterocycles. The Hall–Kier alpha value is -2.84. The van der Waals surface area contributed by atoms with Crippen LogP contribution >= 0.6 is 11.8 Å². The van der Waals surface area contributed by atoms with Gasteiger partial charge in [0.05, 0.1) is 6.54 Å². The molecule has 0 spiro atoms. The van der Waals surface area contributed by atoms with Crippen molar-refractivity contribution in [3.05, 3.63) is 59.2 Å². The Kier molecular flexibility index (Phi) is 8.08. The average molecular weight is 444 g/mol. The molecule has 0 aliphatic carbocycles. The third-order valence-corrected chi connectivity index (χ3v) is 5.76. The van der Waals surface area contributed by atoms with Gasteiger partial charge in [-0.2, -0.15) is 0 Å². The van der Waals surface area contributed by atoms with Crippen LogP contribution in [0.25, 0.3) is 0 Å². The second-order valence-electron chi connectivity index (χ2n) is 7.07. The zero-order valence-corrected chi connectivity index (χ0v) is 18.1. The molecular formula is C23H25NO6S. The molecule has 1 unspecified atom stereocenters. The van der Waals surface area contributed by atoms with Crippen LogP contribution in [0.3, 0.4) is 0 Å². The van der Waals surface area contributed by atoms with Crippen molar-refractivity contribution in [3.8, 4) is 11.5 Å². The number of fused-ring (bicyclic) bond motifs is 1. The maximum absolute atomic E-state index is 13.4. The number of esters is 1. The first-order chi connectivity index (χ1) is 15.0. The minimum atomic E-state index is -0.540.